The number of rotatable bonds is 1. The Balaban J connectivity index is 2.33. The lowest BCUT2D eigenvalue weighted by Crippen LogP contribution is -1.92. The van der Waals surface area contributed by atoms with E-state index in [1.807, 2.05) is 23.7 Å². The average molecular weight is 297 g/mol. The normalized spacial score (nSPS) is 11.3. The molecular weight excluding hydrogens is 287 g/mol. The highest BCUT2D eigenvalue weighted by atomic mass is 35.5. The molecule has 0 bridgehead atoms. The van der Waals surface area contributed by atoms with Crippen LogP contribution in [0.3, 0.4) is 0 Å². The third-order valence-corrected chi connectivity index (χ3v) is 4.59. The van der Waals surface area contributed by atoms with E-state index in [1.54, 1.807) is 11.3 Å². The lowest BCUT2D eigenvalue weighted by Gasteiger charge is -2.01. The van der Waals surface area contributed by atoms with E-state index < -0.39 is 0 Å². The standard InChI is InChI=1S/C13H10Cl2N2S/c1-7-8(3-4-18-7)13-16-11-5-9(14)10(15)6-12(11)17(13)2/h3-6H,1-2H3. The minimum absolute atomic E-state index is 0.538. The molecule has 0 N–H and O–H groups in total. The summed E-state index contributed by atoms with van der Waals surface area (Å²) in [7, 11) is 1.99. The van der Waals surface area contributed by atoms with Crippen molar-refractivity contribution in [3.63, 3.8) is 0 Å². The molecule has 2 nitrogen and oxygen atoms in total. The number of hydrogen-bond donors (Lipinski definition) is 0. The lowest BCUT2D eigenvalue weighted by molar-refractivity contribution is 0.959. The van der Waals surface area contributed by atoms with Gasteiger partial charge in [0.15, 0.2) is 0 Å². The van der Waals surface area contributed by atoms with Gasteiger partial charge in [-0.05, 0) is 30.5 Å². The predicted molar refractivity (Wildman–Crippen MR) is 78.8 cm³/mol. The summed E-state index contributed by atoms with van der Waals surface area (Å²) in [5.41, 5.74) is 3.02. The Labute approximate surface area is 119 Å². The molecule has 5 heteroatoms. The molecule has 0 radical (unpaired) electrons. The number of nitrogens with zero attached hydrogens (tertiary/aromatic N) is 2. The Hall–Kier alpha value is -1.03. The molecule has 0 amide bonds. The number of benzene rings is 1. The van der Waals surface area contributed by atoms with E-state index in [1.165, 1.54) is 4.88 Å². The lowest BCUT2D eigenvalue weighted by atomic mass is 10.2. The SMILES string of the molecule is Cc1sccc1-c1nc2cc(Cl)c(Cl)cc2n1C. The Morgan fingerprint density at radius 1 is 1.22 bits per heavy atom. The molecule has 0 saturated carbocycles. The van der Waals surface area contributed by atoms with Crippen LogP contribution in [0.15, 0.2) is 23.6 Å². The van der Waals surface area contributed by atoms with Crippen molar-refractivity contribution in [3.8, 4) is 11.4 Å². The van der Waals surface area contributed by atoms with E-state index in [0.29, 0.717) is 10.0 Å². The largest absolute Gasteiger partial charge is 0.327 e. The molecule has 92 valence electrons. The summed E-state index contributed by atoms with van der Waals surface area (Å²) in [6, 6.07) is 5.76. The fraction of sp³-hybridized carbons (Fsp3) is 0.154. The molecule has 0 aliphatic rings. The first-order valence-corrected chi connectivity index (χ1v) is 7.07. The van der Waals surface area contributed by atoms with Gasteiger partial charge in [-0.1, -0.05) is 23.2 Å². The number of aromatic nitrogens is 2. The summed E-state index contributed by atoms with van der Waals surface area (Å²) < 4.78 is 2.05. The number of fused-ring (bicyclic) bond motifs is 1. The van der Waals surface area contributed by atoms with E-state index >= 15 is 0 Å². The van der Waals surface area contributed by atoms with E-state index in [-0.39, 0.29) is 0 Å². The fourth-order valence-corrected chi connectivity index (χ4v) is 3.06. The Bertz CT molecular complexity index is 743. The molecule has 18 heavy (non-hydrogen) atoms. The first-order valence-electron chi connectivity index (χ1n) is 5.44. The van der Waals surface area contributed by atoms with Crippen molar-refractivity contribution < 1.29 is 0 Å². The van der Waals surface area contributed by atoms with Crippen LogP contribution in [0.1, 0.15) is 4.88 Å². The van der Waals surface area contributed by atoms with Gasteiger partial charge in [0.2, 0.25) is 0 Å². The highest BCUT2D eigenvalue weighted by Crippen LogP contribution is 2.32. The minimum atomic E-state index is 0.538. The van der Waals surface area contributed by atoms with Crippen LogP contribution in [0.5, 0.6) is 0 Å². The second-order valence-corrected chi connectivity index (χ2v) is 6.07. The van der Waals surface area contributed by atoms with Gasteiger partial charge < -0.3 is 4.57 Å². The van der Waals surface area contributed by atoms with E-state index in [0.717, 1.165) is 22.4 Å². The molecule has 2 heterocycles. The Morgan fingerprint density at radius 2 is 1.94 bits per heavy atom. The Morgan fingerprint density at radius 3 is 2.61 bits per heavy atom. The maximum atomic E-state index is 6.05. The van der Waals surface area contributed by atoms with Crippen LogP contribution < -0.4 is 0 Å². The topological polar surface area (TPSA) is 17.8 Å². The van der Waals surface area contributed by atoms with Crippen molar-refractivity contribution in [2.24, 2.45) is 7.05 Å². The monoisotopic (exact) mass is 296 g/mol. The summed E-state index contributed by atoms with van der Waals surface area (Å²) in [6.07, 6.45) is 0. The van der Waals surface area contributed by atoms with Gasteiger partial charge in [0, 0.05) is 17.5 Å². The Kier molecular flexibility index (Phi) is 2.85. The van der Waals surface area contributed by atoms with E-state index in [4.69, 9.17) is 23.2 Å². The zero-order valence-corrected chi connectivity index (χ0v) is 12.2. The molecule has 3 rings (SSSR count). The van der Waals surface area contributed by atoms with Gasteiger partial charge in [-0.3, -0.25) is 0 Å². The molecule has 0 fully saturated rings. The van der Waals surface area contributed by atoms with E-state index in [9.17, 15) is 0 Å². The zero-order valence-electron chi connectivity index (χ0n) is 9.87. The van der Waals surface area contributed by atoms with Crippen LogP contribution in [0, 0.1) is 6.92 Å². The average Bonchev–Trinajstić information content (AvgIpc) is 2.86. The van der Waals surface area contributed by atoms with Crippen LogP contribution in [0.2, 0.25) is 10.0 Å². The molecule has 3 aromatic rings. The highest BCUT2D eigenvalue weighted by molar-refractivity contribution is 7.10. The predicted octanol–water partition coefficient (Wildman–Crippen LogP) is 4.92. The highest BCUT2D eigenvalue weighted by Gasteiger charge is 2.14. The third kappa shape index (κ3) is 1.74. The molecule has 0 atom stereocenters. The second kappa shape index (κ2) is 4.26. The first kappa shape index (κ1) is 12.0. The number of hydrogen-bond acceptors (Lipinski definition) is 2. The van der Waals surface area contributed by atoms with Gasteiger partial charge in [0.25, 0.3) is 0 Å². The molecule has 0 saturated heterocycles. The summed E-state index contributed by atoms with van der Waals surface area (Å²) in [4.78, 5) is 5.90. The molecule has 0 unspecified atom stereocenters. The summed E-state index contributed by atoms with van der Waals surface area (Å²) in [5.74, 6) is 0.946. The van der Waals surface area contributed by atoms with Gasteiger partial charge in [-0.15, -0.1) is 11.3 Å². The molecule has 0 aliphatic heterocycles. The molecule has 0 spiro atoms. The maximum Gasteiger partial charge on any atom is 0.141 e. The van der Waals surface area contributed by atoms with Crippen LogP contribution in [0.4, 0.5) is 0 Å². The van der Waals surface area contributed by atoms with Crippen LogP contribution in [-0.2, 0) is 7.05 Å². The zero-order chi connectivity index (χ0) is 12.9. The van der Waals surface area contributed by atoms with E-state index in [2.05, 4.69) is 23.4 Å². The minimum Gasteiger partial charge on any atom is -0.327 e. The van der Waals surface area contributed by atoms with Crippen LogP contribution in [0.25, 0.3) is 22.4 Å². The third-order valence-electron chi connectivity index (χ3n) is 3.02. The van der Waals surface area contributed by atoms with Crippen molar-refractivity contribution >= 4 is 45.6 Å². The van der Waals surface area contributed by atoms with Crippen molar-refractivity contribution in [2.45, 2.75) is 6.92 Å². The summed E-state index contributed by atoms with van der Waals surface area (Å²) in [5, 5.41) is 3.17. The van der Waals surface area contributed by atoms with Crippen molar-refractivity contribution in [3.05, 3.63) is 38.5 Å². The quantitative estimate of drug-likeness (QED) is 0.623. The van der Waals surface area contributed by atoms with Crippen molar-refractivity contribution in [2.75, 3.05) is 0 Å². The first-order chi connectivity index (χ1) is 8.58. The van der Waals surface area contributed by atoms with Gasteiger partial charge >= 0.3 is 0 Å². The second-order valence-electron chi connectivity index (χ2n) is 4.14. The molecule has 1 aromatic carbocycles. The van der Waals surface area contributed by atoms with Gasteiger partial charge in [0.05, 0.1) is 21.1 Å². The van der Waals surface area contributed by atoms with Crippen molar-refractivity contribution in [1.82, 2.24) is 9.55 Å². The van der Waals surface area contributed by atoms with Gasteiger partial charge in [-0.2, -0.15) is 0 Å². The van der Waals surface area contributed by atoms with Crippen LogP contribution >= 0.6 is 34.5 Å². The maximum absolute atomic E-state index is 6.05. The number of aryl methyl sites for hydroxylation is 2. The summed E-state index contributed by atoms with van der Waals surface area (Å²) in [6.45, 7) is 2.10. The van der Waals surface area contributed by atoms with Crippen LogP contribution in [-0.4, -0.2) is 9.55 Å². The summed E-state index contributed by atoms with van der Waals surface area (Å²) >= 11 is 13.8. The fourth-order valence-electron chi connectivity index (χ4n) is 2.05. The molecule has 2 aromatic heterocycles. The van der Waals surface area contributed by atoms with Gasteiger partial charge in [0.1, 0.15) is 5.82 Å². The molecule has 0 aliphatic carbocycles. The number of imidazole rings is 1. The van der Waals surface area contributed by atoms with Gasteiger partial charge in [-0.25, -0.2) is 4.98 Å². The smallest absolute Gasteiger partial charge is 0.141 e. The number of halogens is 2. The number of thiophene rings is 1. The molecular formula is C13H10Cl2N2S. The van der Waals surface area contributed by atoms with Crippen molar-refractivity contribution in [1.29, 1.82) is 0 Å².